The molecule has 1 spiro atoms. The van der Waals surface area contributed by atoms with E-state index in [0.29, 0.717) is 12.1 Å². The minimum atomic E-state index is -0.0154. The summed E-state index contributed by atoms with van der Waals surface area (Å²) in [6.45, 7) is 4.63. The molecule has 3 rings (SSSR count). The molecule has 3 unspecified atom stereocenters. The molecule has 0 saturated carbocycles. The summed E-state index contributed by atoms with van der Waals surface area (Å²) in [4.78, 5) is 4.37. The quantitative estimate of drug-likeness (QED) is 0.912. The van der Waals surface area contributed by atoms with Crippen LogP contribution in [-0.2, 0) is 9.47 Å². The summed E-state index contributed by atoms with van der Waals surface area (Å²) in [6, 6.07) is 0.840. The van der Waals surface area contributed by atoms with Crippen molar-refractivity contribution < 1.29 is 9.47 Å². The van der Waals surface area contributed by atoms with Crippen molar-refractivity contribution in [3.05, 3.63) is 16.6 Å². The third-order valence-corrected chi connectivity index (χ3v) is 4.83. The molecule has 0 aromatic carbocycles. The second-order valence-electron chi connectivity index (χ2n) is 5.28. The molecule has 2 aliphatic heterocycles. The Morgan fingerprint density at radius 2 is 2.50 bits per heavy atom. The molecular formula is C13H20N2O2S. The lowest BCUT2D eigenvalue weighted by Crippen LogP contribution is -2.48. The molecule has 0 aliphatic carbocycles. The Hall–Kier alpha value is -0.490. The lowest BCUT2D eigenvalue weighted by molar-refractivity contribution is -0.0902. The second-order valence-corrected chi connectivity index (χ2v) is 6.21. The van der Waals surface area contributed by atoms with Gasteiger partial charge in [-0.25, -0.2) is 4.98 Å². The van der Waals surface area contributed by atoms with Crippen molar-refractivity contribution in [3.8, 4) is 0 Å². The number of rotatable bonds is 3. The highest BCUT2D eigenvalue weighted by Gasteiger charge is 2.41. The molecule has 1 aromatic rings. The number of hydrogen-bond acceptors (Lipinski definition) is 5. The third-order valence-electron chi connectivity index (χ3n) is 3.87. The largest absolute Gasteiger partial charge is 0.378 e. The second kappa shape index (κ2) is 5.25. The number of hydrogen-bond donors (Lipinski definition) is 1. The number of aromatic nitrogens is 1. The van der Waals surface area contributed by atoms with E-state index in [9.17, 15) is 0 Å². The van der Waals surface area contributed by atoms with Gasteiger partial charge in [-0.05, 0) is 19.8 Å². The van der Waals surface area contributed by atoms with Gasteiger partial charge in [0.2, 0.25) is 0 Å². The van der Waals surface area contributed by atoms with E-state index in [2.05, 4.69) is 17.2 Å². The van der Waals surface area contributed by atoms with Crippen molar-refractivity contribution in [3.63, 3.8) is 0 Å². The number of thiazole rings is 1. The lowest BCUT2D eigenvalue weighted by atomic mass is 9.89. The molecule has 0 amide bonds. The highest BCUT2D eigenvalue weighted by Crippen LogP contribution is 2.33. The first-order valence-corrected chi connectivity index (χ1v) is 7.53. The summed E-state index contributed by atoms with van der Waals surface area (Å²) in [5, 5.41) is 6.88. The summed E-state index contributed by atoms with van der Waals surface area (Å²) in [6.07, 6.45) is 5.05. The smallest absolute Gasteiger partial charge is 0.109 e. The highest BCUT2D eigenvalue weighted by atomic mass is 32.1. The van der Waals surface area contributed by atoms with E-state index in [0.717, 1.165) is 39.1 Å². The Balaban J connectivity index is 1.59. The SMILES string of the molecule is CC(NC1CCOC2(CCOC2)C1)c1nccs1. The van der Waals surface area contributed by atoms with Gasteiger partial charge in [0.1, 0.15) is 5.01 Å². The number of nitrogens with zero attached hydrogens (tertiary/aromatic N) is 1. The van der Waals surface area contributed by atoms with Gasteiger partial charge in [0.05, 0.1) is 18.2 Å². The summed E-state index contributed by atoms with van der Waals surface area (Å²) in [5.41, 5.74) is -0.0154. The zero-order chi connectivity index (χ0) is 12.4. The normalized spacial score (nSPS) is 33.9. The van der Waals surface area contributed by atoms with E-state index < -0.39 is 0 Å². The standard InChI is InChI=1S/C13H20N2O2S/c1-10(12-14-4-7-18-12)15-11-2-5-17-13(8-11)3-6-16-9-13/h4,7,10-11,15H,2-3,5-6,8-9H2,1H3. The zero-order valence-corrected chi connectivity index (χ0v) is 11.5. The molecule has 18 heavy (non-hydrogen) atoms. The van der Waals surface area contributed by atoms with Crippen LogP contribution in [-0.4, -0.2) is 36.4 Å². The molecule has 2 fully saturated rings. The van der Waals surface area contributed by atoms with Crippen molar-refractivity contribution in [2.24, 2.45) is 0 Å². The Morgan fingerprint density at radius 1 is 1.56 bits per heavy atom. The molecule has 1 aromatic heterocycles. The maximum Gasteiger partial charge on any atom is 0.109 e. The fourth-order valence-electron chi connectivity index (χ4n) is 2.91. The molecule has 0 bridgehead atoms. The van der Waals surface area contributed by atoms with Gasteiger partial charge in [-0.3, -0.25) is 0 Å². The first-order valence-electron chi connectivity index (χ1n) is 6.65. The summed E-state index contributed by atoms with van der Waals surface area (Å²) < 4.78 is 11.5. The fourth-order valence-corrected chi connectivity index (χ4v) is 3.56. The van der Waals surface area contributed by atoms with E-state index in [-0.39, 0.29) is 5.60 Å². The predicted octanol–water partition coefficient (Wildman–Crippen LogP) is 2.13. The Kier molecular flexibility index (Phi) is 3.66. The molecular weight excluding hydrogens is 248 g/mol. The molecule has 100 valence electrons. The maximum absolute atomic E-state index is 5.95. The highest BCUT2D eigenvalue weighted by molar-refractivity contribution is 7.09. The van der Waals surface area contributed by atoms with Gasteiger partial charge in [-0.15, -0.1) is 11.3 Å². The van der Waals surface area contributed by atoms with Crippen LogP contribution in [0.15, 0.2) is 11.6 Å². The summed E-state index contributed by atoms with van der Waals surface area (Å²) in [5.74, 6) is 0. The van der Waals surface area contributed by atoms with Gasteiger partial charge >= 0.3 is 0 Å². The lowest BCUT2D eigenvalue weighted by Gasteiger charge is -2.38. The van der Waals surface area contributed by atoms with Crippen molar-refractivity contribution in [2.75, 3.05) is 19.8 Å². The Labute approximate surface area is 112 Å². The first-order chi connectivity index (χ1) is 8.77. The minimum absolute atomic E-state index is 0.0154. The minimum Gasteiger partial charge on any atom is -0.378 e. The van der Waals surface area contributed by atoms with Crippen molar-refractivity contribution in [1.29, 1.82) is 0 Å². The fraction of sp³-hybridized carbons (Fsp3) is 0.769. The molecule has 5 heteroatoms. The molecule has 2 aliphatic rings. The van der Waals surface area contributed by atoms with Gasteiger partial charge in [-0.1, -0.05) is 0 Å². The van der Waals surface area contributed by atoms with Crippen LogP contribution in [0.2, 0.25) is 0 Å². The Bertz CT molecular complexity index is 376. The van der Waals surface area contributed by atoms with Crippen molar-refractivity contribution in [2.45, 2.75) is 43.9 Å². The molecule has 0 radical (unpaired) electrons. The van der Waals surface area contributed by atoms with E-state index in [1.807, 2.05) is 11.6 Å². The number of ether oxygens (including phenoxy) is 2. The first kappa shape index (κ1) is 12.5. The number of nitrogens with one attached hydrogen (secondary N) is 1. The van der Waals surface area contributed by atoms with E-state index >= 15 is 0 Å². The summed E-state index contributed by atoms with van der Waals surface area (Å²) >= 11 is 1.71. The van der Waals surface area contributed by atoms with Crippen LogP contribution in [0.25, 0.3) is 0 Å². The van der Waals surface area contributed by atoms with Gasteiger partial charge in [0.15, 0.2) is 0 Å². The predicted molar refractivity (Wildman–Crippen MR) is 70.8 cm³/mol. The summed E-state index contributed by atoms with van der Waals surface area (Å²) in [7, 11) is 0. The molecule has 3 heterocycles. The van der Waals surface area contributed by atoms with E-state index in [1.54, 1.807) is 11.3 Å². The van der Waals surface area contributed by atoms with Crippen molar-refractivity contribution in [1.82, 2.24) is 10.3 Å². The molecule has 4 nitrogen and oxygen atoms in total. The molecule has 2 saturated heterocycles. The molecule has 3 atom stereocenters. The van der Waals surface area contributed by atoms with Gasteiger partial charge in [0, 0.05) is 37.3 Å². The van der Waals surface area contributed by atoms with Crippen LogP contribution in [0.5, 0.6) is 0 Å². The zero-order valence-electron chi connectivity index (χ0n) is 10.7. The third kappa shape index (κ3) is 2.59. The van der Waals surface area contributed by atoms with Crippen molar-refractivity contribution >= 4 is 11.3 Å². The van der Waals surface area contributed by atoms with E-state index in [1.165, 1.54) is 5.01 Å². The average Bonchev–Trinajstić information content (AvgIpc) is 3.01. The van der Waals surface area contributed by atoms with Crippen LogP contribution in [0.3, 0.4) is 0 Å². The Morgan fingerprint density at radius 3 is 3.22 bits per heavy atom. The monoisotopic (exact) mass is 268 g/mol. The van der Waals surface area contributed by atoms with Crippen LogP contribution >= 0.6 is 11.3 Å². The van der Waals surface area contributed by atoms with E-state index in [4.69, 9.17) is 9.47 Å². The average molecular weight is 268 g/mol. The van der Waals surface area contributed by atoms with Crippen LogP contribution in [0, 0.1) is 0 Å². The van der Waals surface area contributed by atoms with Gasteiger partial charge < -0.3 is 14.8 Å². The van der Waals surface area contributed by atoms with Gasteiger partial charge in [0.25, 0.3) is 0 Å². The maximum atomic E-state index is 5.95. The van der Waals surface area contributed by atoms with Crippen LogP contribution < -0.4 is 5.32 Å². The van der Waals surface area contributed by atoms with Crippen LogP contribution in [0.4, 0.5) is 0 Å². The topological polar surface area (TPSA) is 43.4 Å². The van der Waals surface area contributed by atoms with Crippen LogP contribution in [0.1, 0.15) is 37.2 Å². The molecule has 1 N–H and O–H groups in total. The van der Waals surface area contributed by atoms with Gasteiger partial charge in [-0.2, -0.15) is 0 Å².